The first-order chi connectivity index (χ1) is 36.6. The van der Waals surface area contributed by atoms with Crippen LogP contribution in [0.4, 0.5) is 0 Å². The second-order valence-electron chi connectivity index (χ2n) is 20.4. The Morgan fingerprint density at radius 1 is 0.688 bits per heavy atom. The Morgan fingerprint density at radius 3 is 1.94 bits per heavy atom. The summed E-state index contributed by atoms with van der Waals surface area (Å²) in [6.45, 7) is 7.51. The number of nitrogens with one attached hydrogen (secondary N) is 4. The van der Waals surface area contributed by atoms with E-state index in [0.717, 1.165) is 0 Å². The number of carbonyl (C=O) groups excluding carboxylic acids is 3. The van der Waals surface area contributed by atoms with Crippen molar-refractivity contribution >= 4 is 17.8 Å². The molecule has 19 atom stereocenters. The first kappa shape index (κ1) is 67.2. The van der Waals surface area contributed by atoms with Crippen LogP contribution < -0.4 is 21.3 Å². The van der Waals surface area contributed by atoms with Crippen molar-refractivity contribution in [1.29, 1.82) is 0 Å². The van der Waals surface area contributed by atoms with Crippen molar-refractivity contribution in [2.75, 3.05) is 39.8 Å². The molecule has 0 aromatic carbocycles. The van der Waals surface area contributed by atoms with Crippen molar-refractivity contribution in [1.82, 2.24) is 21.3 Å². The maximum absolute atomic E-state index is 13.9. The Balaban J connectivity index is 1.98. The fraction of sp³-hybridized carbons (Fsp3) is 0.691. The Morgan fingerprint density at radius 2 is 1.31 bits per heavy atom. The predicted octanol–water partition coefficient (Wildman–Crippen LogP) is -0.908. The number of esters is 1. The van der Waals surface area contributed by atoms with Gasteiger partial charge in [-0.15, -0.1) is 0 Å². The number of cyclic esters (lactones) is 1. The van der Waals surface area contributed by atoms with E-state index in [9.17, 15) is 65.4 Å². The number of hydrogen-bond donors (Lipinski definition) is 15. The molecule has 3 rings (SSSR count). The second-order valence-corrected chi connectivity index (χ2v) is 20.4. The standard InChI is InChI=1S/C55H90N4O18/c1-34-19-16-14-12-10-8-6-7-9-11-13-15-17-20-41(76-54-52(71)49(51(70)37(4)75-54)59-46(67)33-56-5)30-45-48(53(72)58-25-24-57-23-18-26-60)44(66)32-55(73,77-45)31-40(63)28-43(65)42(64)22-21-38(61)27-39(62)29-47(68)74-36(3)35(2)50(34)69/h6-17,19-20,34-45,48-52,54,56-57,60-66,69-71,73H,18,21-33H2,1-5H3,(H,58,72)(H,59,67)/b7-6+,10-8+,11-9+,14-12+,15-13+,19-16+,20-17+/t34-,35-,36-,37-,38+,39+,40-,41-,42+,43+,44-,45-,48+,49-,50+,51+,52-,54+,55+/m0/s1. The zero-order valence-electron chi connectivity index (χ0n) is 45.2. The number of hydrogen-bond acceptors (Lipinski definition) is 20. The Bertz CT molecular complexity index is 1950. The molecule has 15 N–H and O–H groups in total. The number of aliphatic hydroxyl groups is 11. The van der Waals surface area contributed by atoms with Gasteiger partial charge in [0.25, 0.3) is 0 Å². The van der Waals surface area contributed by atoms with Gasteiger partial charge in [-0.25, -0.2) is 0 Å². The number of rotatable bonds is 12. The van der Waals surface area contributed by atoms with Crippen LogP contribution in [0.15, 0.2) is 85.1 Å². The second kappa shape index (κ2) is 35.5. The quantitative estimate of drug-likeness (QED) is 0.0831. The van der Waals surface area contributed by atoms with Crippen LogP contribution in [0.25, 0.3) is 0 Å². The number of ether oxygens (including phenoxy) is 4. The maximum Gasteiger partial charge on any atom is 0.308 e. The van der Waals surface area contributed by atoms with Gasteiger partial charge in [0.15, 0.2) is 12.1 Å². The molecule has 2 bridgehead atoms. The van der Waals surface area contributed by atoms with Gasteiger partial charge < -0.3 is 96.4 Å². The summed E-state index contributed by atoms with van der Waals surface area (Å²) in [5.74, 6) is -6.34. The fourth-order valence-corrected chi connectivity index (χ4v) is 9.25. The molecule has 0 saturated carbocycles. The number of allylic oxidation sites excluding steroid dienone is 12. The molecule has 0 unspecified atom stereocenters. The zero-order valence-corrected chi connectivity index (χ0v) is 45.2. The third kappa shape index (κ3) is 24.5. The van der Waals surface area contributed by atoms with E-state index in [2.05, 4.69) is 21.3 Å². The lowest BCUT2D eigenvalue weighted by Crippen LogP contribution is -2.64. The topological polar surface area (TPSA) is 359 Å². The van der Waals surface area contributed by atoms with E-state index in [1.807, 2.05) is 25.2 Å². The molecule has 3 aliphatic heterocycles. The molecule has 3 aliphatic rings. The van der Waals surface area contributed by atoms with Crippen LogP contribution >= 0.6 is 0 Å². The summed E-state index contributed by atoms with van der Waals surface area (Å²) in [4.78, 5) is 39.3. The number of carbonyl (C=O) groups is 3. The molecule has 2 amide bonds. The lowest BCUT2D eigenvalue weighted by Gasteiger charge is -2.46. The molecular weight excluding hydrogens is 1000 g/mol. The smallest absolute Gasteiger partial charge is 0.308 e. The van der Waals surface area contributed by atoms with Gasteiger partial charge >= 0.3 is 5.97 Å². The molecular formula is C55H90N4O18. The SMILES string of the molecule is CNCC(=O)N[C@@H]1[C@H](O)[C@@H](O[C@H]2/C=C/C=C/C=C/C=C/C=C/C=C/C=C/[C@H](C)[C@@H](O)[C@@H](C)[C@H](C)OC(=O)C[C@H](O)C[C@H](O)CC[C@@H](O)[C@H](O)C[C@H](O)C[C@]3(O)C[C@H](O)[C@@H](C(=O)NCCNCCCO)[C@H](C2)O3)O[C@@H](C)[C@H]1O. The van der Waals surface area contributed by atoms with Crippen molar-refractivity contribution in [3.63, 3.8) is 0 Å². The van der Waals surface area contributed by atoms with Crippen molar-refractivity contribution in [3.05, 3.63) is 85.1 Å². The van der Waals surface area contributed by atoms with E-state index in [1.165, 1.54) is 6.92 Å². The van der Waals surface area contributed by atoms with E-state index in [0.29, 0.717) is 19.5 Å². The summed E-state index contributed by atoms with van der Waals surface area (Å²) in [7, 11) is 1.55. The lowest BCUT2D eigenvalue weighted by atomic mass is 9.82. The fourth-order valence-electron chi connectivity index (χ4n) is 9.25. The highest BCUT2D eigenvalue weighted by atomic mass is 16.7. The van der Waals surface area contributed by atoms with Crippen molar-refractivity contribution in [3.8, 4) is 0 Å². The molecule has 0 aliphatic carbocycles. The average Bonchev–Trinajstić information content (AvgIpc) is 3.36. The van der Waals surface area contributed by atoms with Crippen molar-refractivity contribution in [2.24, 2.45) is 17.8 Å². The summed E-state index contributed by atoms with van der Waals surface area (Å²) in [6, 6.07) is -1.23. The summed E-state index contributed by atoms with van der Waals surface area (Å²) >= 11 is 0. The molecule has 2 saturated heterocycles. The molecule has 0 aromatic heterocycles. The Hall–Kier alpha value is -4.05. The van der Waals surface area contributed by atoms with Gasteiger partial charge in [-0.2, -0.15) is 0 Å². The van der Waals surface area contributed by atoms with Gasteiger partial charge in [0.05, 0.1) is 86.0 Å². The number of amides is 2. The highest BCUT2D eigenvalue weighted by Crippen LogP contribution is 2.38. The molecule has 3 heterocycles. The molecule has 22 nitrogen and oxygen atoms in total. The Labute approximate surface area is 452 Å². The minimum Gasteiger partial charge on any atom is -0.462 e. The molecule has 77 heavy (non-hydrogen) atoms. The van der Waals surface area contributed by atoms with Gasteiger partial charge in [-0.1, -0.05) is 98.9 Å². The van der Waals surface area contributed by atoms with E-state index in [-0.39, 0.29) is 51.3 Å². The average molecular weight is 1100 g/mol. The van der Waals surface area contributed by atoms with E-state index in [1.54, 1.807) is 87.7 Å². The largest absolute Gasteiger partial charge is 0.462 e. The normalized spacial score (nSPS) is 40.1. The van der Waals surface area contributed by atoms with Crippen molar-refractivity contribution in [2.45, 2.75) is 183 Å². The highest BCUT2D eigenvalue weighted by molar-refractivity contribution is 5.80. The van der Waals surface area contributed by atoms with Gasteiger partial charge in [-0.3, -0.25) is 14.4 Å². The Kier molecular flexibility index (Phi) is 31.0. The monoisotopic (exact) mass is 1090 g/mol. The predicted molar refractivity (Wildman–Crippen MR) is 285 cm³/mol. The zero-order chi connectivity index (χ0) is 57.1. The van der Waals surface area contributed by atoms with Crippen LogP contribution in [0, 0.1) is 17.8 Å². The third-order valence-electron chi connectivity index (χ3n) is 13.8. The number of likely N-dealkylation sites (N-methyl/N-ethyl adjacent to an activating group) is 1. The summed E-state index contributed by atoms with van der Waals surface area (Å²) in [6.07, 6.45) is 3.79. The van der Waals surface area contributed by atoms with Crippen LogP contribution in [0.1, 0.15) is 85.5 Å². The van der Waals surface area contributed by atoms with Gasteiger partial charge in [0.2, 0.25) is 11.8 Å². The minimum atomic E-state index is -2.33. The van der Waals surface area contributed by atoms with Crippen LogP contribution in [0.2, 0.25) is 0 Å². The highest BCUT2D eigenvalue weighted by Gasteiger charge is 2.51. The lowest BCUT2D eigenvalue weighted by molar-refractivity contribution is -0.307. The van der Waals surface area contributed by atoms with Crippen LogP contribution in [0.5, 0.6) is 0 Å². The van der Waals surface area contributed by atoms with Gasteiger partial charge in [0.1, 0.15) is 18.3 Å². The van der Waals surface area contributed by atoms with E-state index < -0.39 is 153 Å². The maximum atomic E-state index is 13.9. The van der Waals surface area contributed by atoms with E-state index in [4.69, 9.17) is 24.1 Å². The molecule has 22 heteroatoms. The third-order valence-corrected chi connectivity index (χ3v) is 13.8. The molecule has 438 valence electrons. The molecule has 2 fully saturated rings. The van der Waals surface area contributed by atoms with E-state index >= 15 is 0 Å². The summed E-state index contributed by atoms with van der Waals surface area (Å²) < 4.78 is 24.0. The summed E-state index contributed by atoms with van der Waals surface area (Å²) in [5.41, 5.74) is 0. The molecule has 0 spiro atoms. The minimum absolute atomic E-state index is 0.0289. The number of fused-ring (bicyclic) bond motifs is 2. The first-order valence-corrected chi connectivity index (χ1v) is 26.8. The van der Waals surface area contributed by atoms with Crippen LogP contribution in [-0.2, 0) is 33.3 Å². The number of aliphatic hydroxyl groups excluding tert-OH is 10. The molecule has 0 aromatic rings. The molecule has 0 radical (unpaired) electrons. The van der Waals surface area contributed by atoms with Crippen LogP contribution in [-0.4, -0.2) is 211 Å². The van der Waals surface area contributed by atoms with Gasteiger partial charge in [-0.05, 0) is 53.1 Å². The van der Waals surface area contributed by atoms with Crippen molar-refractivity contribution < 1.29 is 89.5 Å². The van der Waals surface area contributed by atoms with Gasteiger partial charge in [0, 0.05) is 57.2 Å². The summed E-state index contributed by atoms with van der Waals surface area (Å²) in [5, 5.41) is 132. The first-order valence-electron chi connectivity index (χ1n) is 26.8. The van der Waals surface area contributed by atoms with Crippen LogP contribution in [0.3, 0.4) is 0 Å².